The van der Waals surface area contributed by atoms with Crippen LogP contribution in [0.5, 0.6) is 0 Å². The summed E-state index contributed by atoms with van der Waals surface area (Å²) in [6.07, 6.45) is 0.825. The molecule has 13 heavy (non-hydrogen) atoms. The van der Waals surface area contributed by atoms with Gasteiger partial charge in [0.2, 0.25) is 5.16 Å². The number of rotatable bonds is 4. The van der Waals surface area contributed by atoms with Crippen molar-refractivity contribution in [3.05, 3.63) is 5.82 Å². The number of hydrogen-bond acceptors (Lipinski definition) is 4. The average Bonchev–Trinajstić information content (AvgIpc) is 2.43. The molecule has 0 aromatic carbocycles. The Morgan fingerprint density at radius 2 is 2.15 bits per heavy atom. The lowest BCUT2D eigenvalue weighted by atomic mass is 10.3. The normalized spacial score (nSPS) is 11.1. The van der Waals surface area contributed by atoms with Crippen molar-refractivity contribution in [3.63, 3.8) is 0 Å². The fourth-order valence-electron chi connectivity index (χ4n) is 0.888. The number of aromatic nitrogens is 3. The number of thioether (sulfide) groups is 1. The van der Waals surface area contributed by atoms with E-state index >= 15 is 0 Å². The van der Waals surface area contributed by atoms with Crippen LogP contribution in [-0.2, 0) is 6.42 Å². The van der Waals surface area contributed by atoms with Gasteiger partial charge in [-0.05, 0) is 5.92 Å². The summed E-state index contributed by atoms with van der Waals surface area (Å²) in [4.78, 5) is 0. The predicted octanol–water partition coefficient (Wildman–Crippen LogP) is 1.30. The molecule has 0 aliphatic heterocycles. The number of nitrogens with zero attached hydrogens (tertiary/aromatic N) is 3. The third-order valence-electron chi connectivity index (χ3n) is 1.60. The van der Waals surface area contributed by atoms with Crippen molar-refractivity contribution in [1.82, 2.24) is 14.9 Å². The molecule has 0 radical (unpaired) electrons. The summed E-state index contributed by atoms with van der Waals surface area (Å²) in [7, 11) is 0. The molecule has 0 saturated heterocycles. The minimum absolute atomic E-state index is 0.645. The highest BCUT2D eigenvalue weighted by Gasteiger charge is 2.08. The molecule has 0 fully saturated rings. The van der Waals surface area contributed by atoms with Crippen molar-refractivity contribution in [2.24, 2.45) is 5.92 Å². The molecule has 5 heteroatoms. The van der Waals surface area contributed by atoms with Gasteiger partial charge in [-0.3, -0.25) is 0 Å². The lowest BCUT2D eigenvalue weighted by Crippen LogP contribution is -2.13. The van der Waals surface area contributed by atoms with E-state index in [4.69, 9.17) is 5.84 Å². The van der Waals surface area contributed by atoms with Gasteiger partial charge in [0.25, 0.3) is 0 Å². The van der Waals surface area contributed by atoms with Crippen LogP contribution in [0.2, 0.25) is 0 Å². The van der Waals surface area contributed by atoms with E-state index in [1.165, 1.54) is 0 Å². The zero-order valence-corrected chi connectivity index (χ0v) is 9.14. The van der Waals surface area contributed by atoms with Crippen LogP contribution in [0, 0.1) is 5.92 Å². The van der Waals surface area contributed by atoms with Crippen LogP contribution in [0.25, 0.3) is 0 Å². The number of nitrogen functional groups attached to an aromatic ring is 1. The van der Waals surface area contributed by atoms with Gasteiger partial charge in [0.1, 0.15) is 0 Å². The van der Waals surface area contributed by atoms with Crippen molar-refractivity contribution < 1.29 is 0 Å². The molecule has 0 aliphatic carbocycles. The van der Waals surface area contributed by atoms with Crippen LogP contribution in [0.15, 0.2) is 5.16 Å². The monoisotopic (exact) mass is 200 g/mol. The van der Waals surface area contributed by atoms with Gasteiger partial charge in [-0.2, -0.15) is 0 Å². The summed E-state index contributed by atoms with van der Waals surface area (Å²) in [6.45, 7) is 6.36. The molecule has 0 aliphatic rings. The van der Waals surface area contributed by atoms with Crippen molar-refractivity contribution in [1.29, 1.82) is 0 Å². The molecule has 1 heterocycles. The number of hydrogen-bond donors (Lipinski definition) is 1. The van der Waals surface area contributed by atoms with Gasteiger partial charge in [0.05, 0.1) is 0 Å². The van der Waals surface area contributed by atoms with E-state index in [2.05, 4.69) is 24.0 Å². The van der Waals surface area contributed by atoms with Crippen LogP contribution in [0.4, 0.5) is 0 Å². The highest BCUT2D eigenvalue weighted by Crippen LogP contribution is 2.17. The zero-order chi connectivity index (χ0) is 9.84. The highest BCUT2D eigenvalue weighted by atomic mass is 32.2. The molecular formula is C8H16N4S. The third-order valence-corrected chi connectivity index (χ3v) is 2.97. The van der Waals surface area contributed by atoms with Crippen LogP contribution in [0.1, 0.15) is 26.6 Å². The van der Waals surface area contributed by atoms with E-state index in [0.29, 0.717) is 5.92 Å². The molecule has 0 bridgehead atoms. The second kappa shape index (κ2) is 4.50. The summed E-state index contributed by atoms with van der Waals surface area (Å²) in [6, 6.07) is 0. The Morgan fingerprint density at radius 3 is 2.62 bits per heavy atom. The molecule has 0 amide bonds. The standard InChI is InChI=1S/C8H16N4S/c1-4-7-10-11-8(12(7)9)13-5-6(2)3/h6H,4-5,9H2,1-3H3. The first-order chi connectivity index (χ1) is 6.15. The molecule has 2 N–H and O–H groups in total. The average molecular weight is 200 g/mol. The van der Waals surface area contributed by atoms with Gasteiger partial charge in [0, 0.05) is 12.2 Å². The SMILES string of the molecule is CCc1nnc(SCC(C)C)n1N. The molecule has 74 valence electrons. The van der Waals surface area contributed by atoms with Crippen LogP contribution < -0.4 is 5.84 Å². The smallest absolute Gasteiger partial charge is 0.209 e. The second-order valence-electron chi connectivity index (χ2n) is 3.33. The van der Waals surface area contributed by atoms with E-state index in [1.54, 1.807) is 16.4 Å². The van der Waals surface area contributed by atoms with E-state index in [1.807, 2.05) is 6.92 Å². The highest BCUT2D eigenvalue weighted by molar-refractivity contribution is 7.99. The summed E-state index contributed by atoms with van der Waals surface area (Å²) in [5.41, 5.74) is 0. The first-order valence-corrected chi connectivity index (χ1v) is 5.45. The predicted molar refractivity (Wildman–Crippen MR) is 55.1 cm³/mol. The quantitative estimate of drug-likeness (QED) is 0.588. The second-order valence-corrected chi connectivity index (χ2v) is 4.31. The lowest BCUT2D eigenvalue weighted by molar-refractivity contribution is 0.741. The largest absolute Gasteiger partial charge is 0.336 e. The van der Waals surface area contributed by atoms with Crippen molar-refractivity contribution >= 4 is 11.8 Å². The van der Waals surface area contributed by atoms with E-state index < -0.39 is 0 Å². The van der Waals surface area contributed by atoms with Gasteiger partial charge in [-0.25, -0.2) is 4.68 Å². The minimum Gasteiger partial charge on any atom is -0.336 e. The summed E-state index contributed by atoms with van der Waals surface area (Å²) >= 11 is 1.66. The number of nitrogens with two attached hydrogens (primary N) is 1. The van der Waals surface area contributed by atoms with Gasteiger partial charge >= 0.3 is 0 Å². The van der Waals surface area contributed by atoms with Gasteiger partial charge in [-0.15, -0.1) is 10.2 Å². The molecular weight excluding hydrogens is 184 g/mol. The van der Waals surface area contributed by atoms with Crippen molar-refractivity contribution in [2.75, 3.05) is 11.6 Å². The Hall–Kier alpha value is -0.710. The Kier molecular flexibility index (Phi) is 3.59. The summed E-state index contributed by atoms with van der Waals surface area (Å²) in [5, 5.41) is 8.80. The fraction of sp³-hybridized carbons (Fsp3) is 0.750. The summed E-state index contributed by atoms with van der Waals surface area (Å²) in [5.74, 6) is 8.28. The van der Waals surface area contributed by atoms with Crippen LogP contribution in [0.3, 0.4) is 0 Å². The van der Waals surface area contributed by atoms with Crippen LogP contribution >= 0.6 is 11.8 Å². The molecule has 0 saturated carbocycles. The van der Waals surface area contributed by atoms with Crippen molar-refractivity contribution in [3.8, 4) is 0 Å². The minimum atomic E-state index is 0.645. The Balaban J connectivity index is 2.62. The van der Waals surface area contributed by atoms with Crippen molar-refractivity contribution in [2.45, 2.75) is 32.3 Å². The Labute approximate surface area is 82.9 Å². The van der Waals surface area contributed by atoms with Gasteiger partial charge in [0.15, 0.2) is 5.82 Å². The first kappa shape index (κ1) is 10.4. The molecule has 1 aromatic rings. The first-order valence-electron chi connectivity index (χ1n) is 4.47. The molecule has 0 spiro atoms. The van der Waals surface area contributed by atoms with E-state index in [9.17, 15) is 0 Å². The zero-order valence-electron chi connectivity index (χ0n) is 8.32. The fourth-order valence-corrected chi connectivity index (χ4v) is 1.71. The Morgan fingerprint density at radius 1 is 1.46 bits per heavy atom. The molecule has 0 atom stereocenters. The van der Waals surface area contributed by atoms with E-state index in [0.717, 1.165) is 23.2 Å². The maximum atomic E-state index is 5.77. The molecule has 4 nitrogen and oxygen atoms in total. The Bertz CT molecular complexity index is 269. The molecule has 1 rings (SSSR count). The topological polar surface area (TPSA) is 56.7 Å². The lowest BCUT2D eigenvalue weighted by Gasteiger charge is -2.03. The molecule has 1 aromatic heterocycles. The molecule has 0 unspecified atom stereocenters. The third kappa shape index (κ3) is 2.62. The number of aryl methyl sites for hydroxylation is 1. The van der Waals surface area contributed by atoms with E-state index in [-0.39, 0.29) is 0 Å². The maximum absolute atomic E-state index is 5.77. The summed E-state index contributed by atoms with van der Waals surface area (Å²) < 4.78 is 1.58. The van der Waals surface area contributed by atoms with Gasteiger partial charge in [-0.1, -0.05) is 32.5 Å². The van der Waals surface area contributed by atoms with Gasteiger partial charge < -0.3 is 5.84 Å². The van der Waals surface area contributed by atoms with Crippen LogP contribution in [-0.4, -0.2) is 20.6 Å². The maximum Gasteiger partial charge on any atom is 0.209 e.